The Balaban J connectivity index is 0.00000576. The van der Waals surface area contributed by atoms with E-state index in [1.807, 2.05) is 61.1 Å². The van der Waals surface area contributed by atoms with Crippen LogP contribution in [0.1, 0.15) is 59.7 Å². The Kier molecular flexibility index (Phi) is 13.9. The van der Waals surface area contributed by atoms with Gasteiger partial charge in [-0.3, -0.25) is 0 Å². The number of rotatable bonds is 11. The van der Waals surface area contributed by atoms with Gasteiger partial charge in [-0.05, 0) is 85.7 Å². The van der Waals surface area contributed by atoms with Crippen molar-refractivity contribution >= 4 is 36.5 Å². The molecule has 3 aromatic heterocycles. The van der Waals surface area contributed by atoms with Crippen molar-refractivity contribution in [3.05, 3.63) is 246 Å². The van der Waals surface area contributed by atoms with Crippen LogP contribution in [0.15, 0.2) is 188 Å². The molecule has 3 nitrogen and oxygen atoms in total. The molecule has 0 saturated heterocycles. The summed E-state index contributed by atoms with van der Waals surface area (Å²) < 4.78 is 0. The minimum absolute atomic E-state index is 0. The molecule has 0 aliphatic rings. The second-order valence-electron chi connectivity index (χ2n) is 16.8. The molecular formula is C61H46IrN3. The van der Waals surface area contributed by atoms with E-state index in [9.17, 15) is 0 Å². The summed E-state index contributed by atoms with van der Waals surface area (Å²) in [6, 6.07) is 68.9. The van der Waals surface area contributed by atoms with Crippen LogP contribution in [-0.2, 0) is 25.5 Å². The molecular weight excluding hydrogens is 967 g/mol. The van der Waals surface area contributed by atoms with Crippen LogP contribution < -0.4 is 0 Å². The van der Waals surface area contributed by atoms with Crippen molar-refractivity contribution in [2.75, 3.05) is 0 Å². The molecule has 0 amide bonds. The van der Waals surface area contributed by atoms with Gasteiger partial charge in [0, 0.05) is 18.6 Å². The smallest absolute Gasteiger partial charge is 0.305 e. The van der Waals surface area contributed by atoms with Gasteiger partial charge in [-0.25, -0.2) is 0 Å². The Morgan fingerprint density at radius 3 is 1.31 bits per heavy atom. The third-order valence-electron chi connectivity index (χ3n) is 11.1. The molecule has 0 atom stereocenters. The molecule has 0 fully saturated rings. The monoisotopic (exact) mass is 1010 g/mol. The van der Waals surface area contributed by atoms with E-state index in [0.717, 1.165) is 83.8 Å². The van der Waals surface area contributed by atoms with Crippen LogP contribution >= 0.6 is 0 Å². The Morgan fingerprint density at radius 2 is 0.831 bits per heavy atom. The third-order valence-corrected chi connectivity index (χ3v) is 11.1. The maximum atomic E-state index is 4.79. The fourth-order valence-corrected chi connectivity index (χ4v) is 7.42. The van der Waals surface area contributed by atoms with Crippen LogP contribution in [0.25, 0.3) is 92.5 Å². The van der Waals surface area contributed by atoms with Gasteiger partial charge in [0.05, 0.1) is 0 Å². The average molecular weight is 1010 g/mol. The SMILES string of the molecule is CC(C)(C)c1ccnc(-c2[c-]cc(/C=C\c3cc(/C=C\c4c[c-]c(-c5ccc(-c6ccccc6)cn5)cc4)cc(/C=C\c4ccc(-c5[c-]cc(-c6ccccc6)cc5)nc4)c3)cc2)c1.[Ir+3]. The molecule has 9 aromatic rings. The van der Waals surface area contributed by atoms with Gasteiger partial charge in [-0.15, -0.1) is 101 Å². The van der Waals surface area contributed by atoms with Gasteiger partial charge in [-0.1, -0.05) is 159 Å². The normalized spacial score (nSPS) is 11.6. The topological polar surface area (TPSA) is 38.7 Å². The van der Waals surface area contributed by atoms with Crippen LogP contribution in [0, 0.1) is 18.2 Å². The first kappa shape index (κ1) is 44.3. The van der Waals surface area contributed by atoms with E-state index in [1.165, 1.54) is 11.1 Å². The third kappa shape index (κ3) is 11.4. The van der Waals surface area contributed by atoms with Crippen molar-refractivity contribution in [1.29, 1.82) is 0 Å². The van der Waals surface area contributed by atoms with Gasteiger partial charge < -0.3 is 15.0 Å². The second kappa shape index (κ2) is 20.4. The largest absolute Gasteiger partial charge is 3.00 e. The van der Waals surface area contributed by atoms with Crippen molar-refractivity contribution in [3.63, 3.8) is 0 Å². The maximum absolute atomic E-state index is 4.79. The molecule has 0 spiro atoms. The molecule has 9 rings (SSSR count). The summed E-state index contributed by atoms with van der Waals surface area (Å²) in [4.78, 5) is 14.2. The van der Waals surface area contributed by atoms with Crippen LogP contribution in [0.5, 0.6) is 0 Å². The minimum atomic E-state index is 0. The molecule has 4 heteroatoms. The molecule has 6 aromatic carbocycles. The van der Waals surface area contributed by atoms with E-state index in [-0.39, 0.29) is 25.5 Å². The number of hydrogen-bond acceptors (Lipinski definition) is 3. The predicted molar refractivity (Wildman–Crippen MR) is 268 cm³/mol. The Bertz CT molecular complexity index is 2900. The van der Waals surface area contributed by atoms with Gasteiger partial charge in [0.2, 0.25) is 0 Å². The summed E-state index contributed by atoms with van der Waals surface area (Å²) in [5.41, 5.74) is 17.8. The molecule has 0 aliphatic carbocycles. The van der Waals surface area contributed by atoms with E-state index in [0.29, 0.717) is 0 Å². The van der Waals surface area contributed by atoms with E-state index in [4.69, 9.17) is 9.97 Å². The number of pyridine rings is 3. The van der Waals surface area contributed by atoms with Crippen molar-refractivity contribution < 1.29 is 20.1 Å². The van der Waals surface area contributed by atoms with Gasteiger partial charge in [0.25, 0.3) is 0 Å². The molecule has 314 valence electrons. The number of nitrogens with zero attached hydrogens (tertiary/aromatic N) is 3. The van der Waals surface area contributed by atoms with Crippen molar-refractivity contribution in [1.82, 2.24) is 15.0 Å². The average Bonchev–Trinajstić information content (AvgIpc) is 3.35. The summed E-state index contributed by atoms with van der Waals surface area (Å²) in [5, 5.41) is 0. The quantitative estimate of drug-likeness (QED) is 0.0957. The van der Waals surface area contributed by atoms with Crippen LogP contribution in [-0.4, -0.2) is 15.0 Å². The van der Waals surface area contributed by atoms with Crippen molar-refractivity contribution in [2.45, 2.75) is 26.2 Å². The van der Waals surface area contributed by atoms with E-state index in [2.05, 4.69) is 208 Å². The maximum Gasteiger partial charge on any atom is 3.00 e. The first-order chi connectivity index (χ1) is 31.3. The van der Waals surface area contributed by atoms with E-state index in [1.54, 1.807) is 0 Å². The number of benzene rings is 6. The fourth-order valence-electron chi connectivity index (χ4n) is 7.42. The van der Waals surface area contributed by atoms with Crippen molar-refractivity contribution in [3.8, 4) is 56.0 Å². The molecule has 3 heterocycles. The second-order valence-corrected chi connectivity index (χ2v) is 16.8. The molecule has 0 aliphatic heterocycles. The fraction of sp³-hybridized carbons (Fsp3) is 0.0656. The molecule has 0 radical (unpaired) electrons. The molecule has 0 saturated carbocycles. The summed E-state index contributed by atoms with van der Waals surface area (Å²) in [6.07, 6.45) is 18.6. The standard InChI is InChI=1S/C61H46N3.Ir/c1-61(2,3)57-36-37-62-60(41-57)55-27-22-45(23-28-55)15-18-48-38-47(17-14-44-20-25-53(26-21-44)59-35-33-56(43-64-59)51-12-8-5-9-13-51)39-49(40-48)19-16-46-24-34-58(63-42-46)54-31-29-52(30-32-54)50-10-6-4-7-11-50;/h4-25,27,29-31,33-43H,1-3H3;/q-3;+3/b17-14-,18-15-,19-16-;. The summed E-state index contributed by atoms with van der Waals surface area (Å²) in [6.45, 7) is 6.66. The van der Waals surface area contributed by atoms with Crippen LogP contribution in [0.2, 0.25) is 0 Å². The van der Waals surface area contributed by atoms with E-state index >= 15 is 0 Å². The summed E-state index contributed by atoms with van der Waals surface area (Å²) in [7, 11) is 0. The molecule has 65 heavy (non-hydrogen) atoms. The zero-order chi connectivity index (χ0) is 43.7. The molecule has 0 N–H and O–H groups in total. The van der Waals surface area contributed by atoms with Gasteiger partial charge >= 0.3 is 20.1 Å². The van der Waals surface area contributed by atoms with Crippen LogP contribution in [0.3, 0.4) is 0 Å². The van der Waals surface area contributed by atoms with Crippen LogP contribution in [0.4, 0.5) is 0 Å². The van der Waals surface area contributed by atoms with Gasteiger partial charge in [-0.2, -0.15) is 0 Å². The zero-order valence-corrected chi connectivity index (χ0v) is 38.9. The Labute approximate surface area is 397 Å². The Morgan fingerprint density at radius 1 is 0.369 bits per heavy atom. The Hall–Kier alpha value is -7.36. The summed E-state index contributed by atoms with van der Waals surface area (Å²) in [5.74, 6) is 0. The zero-order valence-electron chi connectivity index (χ0n) is 36.5. The first-order valence-corrected chi connectivity index (χ1v) is 21.5. The summed E-state index contributed by atoms with van der Waals surface area (Å²) >= 11 is 0. The van der Waals surface area contributed by atoms with Gasteiger partial charge in [0.1, 0.15) is 0 Å². The first-order valence-electron chi connectivity index (χ1n) is 21.5. The molecule has 0 unspecified atom stereocenters. The molecule has 0 bridgehead atoms. The number of aromatic nitrogens is 3. The predicted octanol–water partition coefficient (Wildman–Crippen LogP) is 15.4. The minimum Gasteiger partial charge on any atom is -0.305 e. The van der Waals surface area contributed by atoms with E-state index < -0.39 is 0 Å². The van der Waals surface area contributed by atoms with Crippen molar-refractivity contribution in [2.24, 2.45) is 0 Å². The van der Waals surface area contributed by atoms with Gasteiger partial charge in [0.15, 0.2) is 0 Å². The number of hydrogen-bond donors (Lipinski definition) is 0.